The Kier molecular flexibility index (Phi) is 4.63. The summed E-state index contributed by atoms with van der Waals surface area (Å²) in [5, 5.41) is 0. The molecule has 0 aliphatic carbocycles. The smallest absolute Gasteiger partial charge is 0.254 e. The summed E-state index contributed by atoms with van der Waals surface area (Å²) in [5.41, 5.74) is 1.98. The monoisotopic (exact) mass is 403 g/mol. The van der Waals surface area contributed by atoms with Crippen LogP contribution in [0.5, 0.6) is 11.5 Å². The fourth-order valence-corrected chi connectivity index (χ4v) is 3.79. The van der Waals surface area contributed by atoms with Gasteiger partial charge in [0, 0.05) is 15.6 Å². The lowest BCUT2D eigenvalue weighted by atomic mass is 10.1. The number of ether oxygens (including phenoxy) is 2. The van der Waals surface area contributed by atoms with Crippen LogP contribution in [0, 0.1) is 0 Å². The Balaban J connectivity index is 1.37. The predicted molar refractivity (Wildman–Crippen MR) is 97.0 cm³/mol. The fraction of sp³-hybridized carbons (Fsp3) is 0.316. The van der Waals surface area contributed by atoms with Crippen molar-refractivity contribution in [3.05, 3.63) is 58.1 Å². The molecule has 0 spiro atoms. The van der Waals surface area contributed by atoms with Crippen molar-refractivity contribution in [1.29, 1.82) is 0 Å². The van der Waals surface area contributed by atoms with Gasteiger partial charge in [0.2, 0.25) is 6.79 Å². The number of nitrogens with one attached hydrogen (secondary N) is 1. The molecule has 2 aliphatic heterocycles. The van der Waals surface area contributed by atoms with E-state index in [1.165, 1.54) is 10.5 Å². The number of carbonyl (C=O) groups is 1. The predicted octanol–water partition coefficient (Wildman–Crippen LogP) is 1.72. The van der Waals surface area contributed by atoms with Crippen LogP contribution in [0.15, 0.2) is 46.9 Å². The molecule has 1 amide bonds. The van der Waals surface area contributed by atoms with E-state index in [2.05, 4.69) is 22.0 Å². The first kappa shape index (κ1) is 16.4. The summed E-state index contributed by atoms with van der Waals surface area (Å²) in [7, 11) is 0. The van der Waals surface area contributed by atoms with Gasteiger partial charge in [-0.15, -0.1) is 0 Å². The lowest BCUT2D eigenvalue weighted by Crippen LogP contribution is -3.13. The normalized spacial score (nSPS) is 16.9. The number of hydrogen-bond acceptors (Lipinski definition) is 3. The number of hydrogen-bond donors (Lipinski definition) is 1. The van der Waals surface area contributed by atoms with E-state index in [-0.39, 0.29) is 5.91 Å². The summed E-state index contributed by atoms with van der Waals surface area (Å²) in [6.45, 7) is 4.65. The molecule has 0 unspecified atom stereocenters. The number of carbonyl (C=O) groups excluding carboxylic acids is 1. The molecule has 0 aromatic heterocycles. The van der Waals surface area contributed by atoms with Gasteiger partial charge >= 0.3 is 0 Å². The summed E-state index contributed by atoms with van der Waals surface area (Å²) in [4.78, 5) is 15.9. The third-order valence-electron chi connectivity index (χ3n) is 4.76. The zero-order valence-corrected chi connectivity index (χ0v) is 15.4. The minimum absolute atomic E-state index is 0.129. The topological polar surface area (TPSA) is 43.2 Å². The third-order valence-corrected chi connectivity index (χ3v) is 5.50. The van der Waals surface area contributed by atoms with Crippen molar-refractivity contribution in [3.8, 4) is 11.5 Å². The first-order chi connectivity index (χ1) is 12.2. The van der Waals surface area contributed by atoms with Crippen molar-refractivity contribution in [2.24, 2.45) is 0 Å². The first-order valence-corrected chi connectivity index (χ1v) is 9.26. The summed E-state index contributed by atoms with van der Waals surface area (Å²) in [6.07, 6.45) is 0. The molecule has 2 heterocycles. The zero-order valence-electron chi connectivity index (χ0n) is 13.8. The average Bonchev–Trinajstić information content (AvgIpc) is 3.10. The number of fused-ring (bicyclic) bond motifs is 1. The van der Waals surface area contributed by atoms with Crippen molar-refractivity contribution in [2.45, 2.75) is 6.54 Å². The molecule has 130 valence electrons. The number of quaternary nitrogens is 1. The van der Waals surface area contributed by atoms with E-state index in [1.54, 1.807) is 0 Å². The van der Waals surface area contributed by atoms with Crippen molar-refractivity contribution in [1.82, 2.24) is 4.90 Å². The zero-order chi connectivity index (χ0) is 17.2. The van der Waals surface area contributed by atoms with E-state index in [1.807, 2.05) is 41.3 Å². The van der Waals surface area contributed by atoms with Gasteiger partial charge in [0.1, 0.15) is 6.54 Å². The maximum atomic E-state index is 12.5. The molecule has 5 nitrogen and oxygen atoms in total. The largest absolute Gasteiger partial charge is 0.454 e. The van der Waals surface area contributed by atoms with Crippen molar-refractivity contribution in [3.63, 3.8) is 0 Å². The number of amides is 1. The van der Waals surface area contributed by atoms with Crippen LogP contribution in [0.4, 0.5) is 0 Å². The van der Waals surface area contributed by atoms with Gasteiger partial charge in [-0.2, -0.15) is 0 Å². The van der Waals surface area contributed by atoms with Crippen LogP contribution in [-0.2, 0) is 6.54 Å². The minimum Gasteiger partial charge on any atom is -0.454 e. The van der Waals surface area contributed by atoms with Crippen LogP contribution < -0.4 is 14.4 Å². The van der Waals surface area contributed by atoms with E-state index in [9.17, 15) is 4.79 Å². The van der Waals surface area contributed by atoms with E-state index in [4.69, 9.17) is 9.47 Å². The Morgan fingerprint density at radius 2 is 1.76 bits per heavy atom. The van der Waals surface area contributed by atoms with Crippen molar-refractivity contribution >= 4 is 21.8 Å². The lowest BCUT2D eigenvalue weighted by molar-refractivity contribution is -0.917. The SMILES string of the molecule is O=C(c1ccccc1)N1CC[NH+](Cc2cc3c(cc2Br)OCO3)CC1. The van der Waals surface area contributed by atoms with Gasteiger partial charge in [0.25, 0.3) is 5.91 Å². The second-order valence-corrected chi connectivity index (χ2v) is 7.24. The molecule has 2 aromatic rings. The van der Waals surface area contributed by atoms with Gasteiger partial charge in [-0.1, -0.05) is 34.1 Å². The second-order valence-electron chi connectivity index (χ2n) is 6.38. The lowest BCUT2D eigenvalue weighted by Gasteiger charge is -2.32. The van der Waals surface area contributed by atoms with Crippen LogP contribution in [0.3, 0.4) is 0 Å². The molecule has 0 atom stereocenters. The molecule has 0 saturated carbocycles. The minimum atomic E-state index is 0.129. The Hall–Kier alpha value is -2.05. The van der Waals surface area contributed by atoms with Crippen molar-refractivity contribution < 1.29 is 19.2 Å². The maximum absolute atomic E-state index is 12.5. The molecule has 2 aliphatic rings. The molecule has 1 N–H and O–H groups in total. The third kappa shape index (κ3) is 3.50. The highest BCUT2D eigenvalue weighted by Crippen LogP contribution is 2.36. The number of benzene rings is 2. The second kappa shape index (κ2) is 7.06. The first-order valence-electron chi connectivity index (χ1n) is 8.46. The molecule has 25 heavy (non-hydrogen) atoms. The molecule has 1 saturated heterocycles. The van der Waals surface area contributed by atoms with Gasteiger partial charge < -0.3 is 19.3 Å². The van der Waals surface area contributed by atoms with Gasteiger partial charge in [0.15, 0.2) is 11.5 Å². The highest BCUT2D eigenvalue weighted by molar-refractivity contribution is 9.10. The standard InChI is InChI=1S/C19H19BrN2O3/c20-16-11-18-17(24-13-25-18)10-15(16)12-21-6-8-22(9-7-21)19(23)14-4-2-1-3-5-14/h1-5,10-11H,6-9,12-13H2/p+1. The summed E-state index contributed by atoms with van der Waals surface area (Å²) in [5.74, 6) is 1.74. The van der Waals surface area contributed by atoms with E-state index in [0.717, 1.165) is 54.3 Å². The van der Waals surface area contributed by atoms with E-state index in [0.29, 0.717) is 6.79 Å². The fourth-order valence-electron chi connectivity index (χ4n) is 3.33. The summed E-state index contributed by atoms with van der Waals surface area (Å²) < 4.78 is 11.9. The molecule has 0 bridgehead atoms. The Morgan fingerprint density at radius 1 is 1.08 bits per heavy atom. The number of rotatable bonds is 3. The van der Waals surface area contributed by atoms with E-state index >= 15 is 0 Å². The molecule has 4 rings (SSSR count). The van der Waals surface area contributed by atoms with Gasteiger partial charge in [-0.3, -0.25) is 4.79 Å². The van der Waals surface area contributed by atoms with Crippen LogP contribution in [-0.4, -0.2) is 43.8 Å². The number of nitrogens with zero attached hydrogens (tertiary/aromatic N) is 1. The molecule has 2 aromatic carbocycles. The van der Waals surface area contributed by atoms with Gasteiger partial charge in [-0.05, 0) is 24.3 Å². The Morgan fingerprint density at radius 3 is 2.48 bits per heavy atom. The summed E-state index contributed by atoms with van der Waals surface area (Å²) >= 11 is 3.63. The molecular formula is C19H20BrN2O3+. The van der Waals surface area contributed by atoms with E-state index < -0.39 is 0 Å². The van der Waals surface area contributed by atoms with Crippen LogP contribution in [0.2, 0.25) is 0 Å². The Bertz CT molecular complexity index is 774. The average molecular weight is 404 g/mol. The molecular weight excluding hydrogens is 384 g/mol. The highest BCUT2D eigenvalue weighted by atomic mass is 79.9. The molecule has 1 fully saturated rings. The number of halogens is 1. The summed E-state index contributed by atoms with van der Waals surface area (Å²) in [6, 6.07) is 13.5. The quantitative estimate of drug-likeness (QED) is 0.848. The van der Waals surface area contributed by atoms with Crippen LogP contribution in [0.1, 0.15) is 15.9 Å². The Labute approximate surface area is 155 Å². The molecule has 6 heteroatoms. The number of piperazine rings is 1. The van der Waals surface area contributed by atoms with Gasteiger partial charge in [-0.25, -0.2) is 0 Å². The van der Waals surface area contributed by atoms with Crippen molar-refractivity contribution in [2.75, 3.05) is 33.0 Å². The van der Waals surface area contributed by atoms with Crippen LogP contribution >= 0.6 is 15.9 Å². The van der Waals surface area contributed by atoms with Gasteiger partial charge in [0.05, 0.1) is 26.2 Å². The van der Waals surface area contributed by atoms with Crippen LogP contribution in [0.25, 0.3) is 0 Å². The highest BCUT2D eigenvalue weighted by Gasteiger charge is 2.26. The maximum Gasteiger partial charge on any atom is 0.254 e. The molecule has 0 radical (unpaired) electrons.